The second-order valence-corrected chi connectivity index (χ2v) is 6.20. The SMILES string of the molecule is NC(=O)CN(Cc1ccc2c(c1)OCCO2)Cc1cccs1. The van der Waals surface area contributed by atoms with E-state index in [1.165, 1.54) is 4.88 Å². The van der Waals surface area contributed by atoms with Gasteiger partial charge in [-0.2, -0.15) is 0 Å². The van der Waals surface area contributed by atoms with Crippen molar-refractivity contribution in [3.8, 4) is 11.5 Å². The van der Waals surface area contributed by atoms with Gasteiger partial charge in [-0.3, -0.25) is 9.69 Å². The van der Waals surface area contributed by atoms with Crippen LogP contribution in [-0.4, -0.2) is 30.6 Å². The van der Waals surface area contributed by atoms with Gasteiger partial charge in [0.05, 0.1) is 6.54 Å². The van der Waals surface area contributed by atoms with E-state index in [1.54, 1.807) is 11.3 Å². The molecule has 116 valence electrons. The molecule has 5 nitrogen and oxygen atoms in total. The van der Waals surface area contributed by atoms with Crippen molar-refractivity contribution in [1.29, 1.82) is 0 Å². The first kappa shape index (κ1) is 14.9. The second-order valence-electron chi connectivity index (χ2n) is 5.17. The zero-order valence-electron chi connectivity index (χ0n) is 12.2. The van der Waals surface area contributed by atoms with Crippen molar-refractivity contribution in [2.75, 3.05) is 19.8 Å². The maximum absolute atomic E-state index is 11.3. The summed E-state index contributed by atoms with van der Waals surface area (Å²) in [5.41, 5.74) is 6.44. The van der Waals surface area contributed by atoms with Crippen LogP contribution in [0.5, 0.6) is 11.5 Å². The summed E-state index contributed by atoms with van der Waals surface area (Å²) in [7, 11) is 0. The second kappa shape index (κ2) is 6.81. The number of nitrogens with zero attached hydrogens (tertiary/aromatic N) is 1. The first-order valence-corrected chi connectivity index (χ1v) is 8.00. The Morgan fingerprint density at radius 1 is 1.18 bits per heavy atom. The lowest BCUT2D eigenvalue weighted by molar-refractivity contribution is -0.119. The van der Waals surface area contributed by atoms with Gasteiger partial charge >= 0.3 is 0 Å². The molecule has 6 heteroatoms. The number of nitrogens with two attached hydrogens (primary N) is 1. The van der Waals surface area contributed by atoms with Gasteiger partial charge in [0.15, 0.2) is 11.5 Å². The molecule has 0 atom stereocenters. The summed E-state index contributed by atoms with van der Waals surface area (Å²) in [6, 6.07) is 9.94. The molecule has 2 heterocycles. The summed E-state index contributed by atoms with van der Waals surface area (Å²) in [6.45, 7) is 2.72. The van der Waals surface area contributed by atoms with E-state index in [1.807, 2.05) is 34.5 Å². The Labute approximate surface area is 133 Å². The third-order valence-corrected chi connectivity index (χ3v) is 4.21. The molecule has 0 saturated carbocycles. The Balaban J connectivity index is 1.73. The third-order valence-electron chi connectivity index (χ3n) is 3.35. The lowest BCUT2D eigenvalue weighted by atomic mass is 10.1. The molecular weight excluding hydrogens is 300 g/mol. The molecule has 1 amide bonds. The number of carbonyl (C=O) groups is 1. The predicted octanol–water partition coefficient (Wildman–Crippen LogP) is 2.01. The molecule has 0 radical (unpaired) electrons. The topological polar surface area (TPSA) is 64.8 Å². The number of thiophene rings is 1. The van der Waals surface area contributed by atoms with Gasteiger partial charge in [0.2, 0.25) is 5.91 Å². The number of rotatable bonds is 6. The Hall–Kier alpha value is -2.05. The number of benzene rings is 1. The maximum atomic E-state index is 11.3. The van der Waals surface area contributed by atoms with Crippen LogP contribution in [0.25, 0.3) is 0 Å². The van der Waals surface area contributed by atoms with E-state index >= 15 is 0 Å². The zero-order valence-corrected chi connectivity index (χ0v) is 13.0. The molecule has 3 rings (SSSR count). The van der Waals surface area contributed by atoms with Gasteiger partial charge in [-0.05, 0) is 29.1 Å². The van der Waals surface area contributed by atoms with Crippen LogP contribution >= 0.6 is 11.3 Å². The van der Waals surface area contributed by atoms with E-state index in [0.717, 1.165) is 17.1 Å². The van der Waals surface area contributed by atoms with Crippen LogP contribution in [0.3, 0.4) is 0 Å². The number of hydrogen-bond acceptors (Lipinski definition) is 5. The Morgan fingerprint density at radius 3 is 2.73 bits per heavy atom. The van der Waals surface area contributed by atoms with Crippen molar-refractivity contribution in [1.82, 2.24) is 4.90 Å². The van der Waals surface area contributed by atoms with Gasteiger partial charge in [-0.1, -0.05) is 12.1 Å². The van der Waals surface area contributed by atoms with Crippen LogP contribution in [0, 0.1) is 0 Å². The van der Waals surface area contributed by atoms with Crippen molar-refractivity contribution in [3.63, 3.8) is 0 Å². The quantitative estimate of drug-likeness (QED) is 0.885. The molecule has 1 aliphatic heterocycles. The minimum atomic E-state index is -0.325. The first-order chi connectivity index (χ1) is 10.7. The van der Waals surface area contributed by atoms with E-state index in [0.29, 0.717) is 26.3 Å². The first-order valence-electron chi connectivity index (χ1n) is 7.12. The fourth-order valence-corrected chi connectivity index (χ4v) is 3.20. The van der Waals surface area contributed by atoms with Crippen LogP contribution in [0.4, 0.5) is 0 Å². The highest BCUT2D eigenvalue weighted by Crippen LogP contribution is 2.31. The number of ether oxygens (including phenoxy) is 2. The minimum absolute atomic E-state index is 0.229. The fraction of sp³-hybridized carbons (Fsp3) is 0.312. The summed E-state index contributed by atoms with van der Waals surface area (Å²) >= 11 is 1.67. The van der Waals surface area contributed by atoms with E-state index in [4.69, 9.17) is 15.2 Å². The zero-order chi connectivity index (χ0) is 15.4. The number of carbonyl (C=O) groups excluding carboxylic acids is 1. The number of hydrogen-bond donors (Lipinski definition) is 1. The van der Waals surface area contributed by atoms with Crippen LogP contribution in [0.1, 0.15) is 10.4 Å². The standard InChI is InChI=1S/C16H18N2O3S/c17-16(19)11-18(10-13-2-1-7-22-13)9-12-3-4-14-15(8-12)21-6-5-20-14/h1-4,7-8H,5-6,9-11H2,(H2,17,19). The van der Waals surface area contributed by atoms with Crippen LogP contribution in [-0.2, 0) is 17.9 Å². The minimum Gasteiger partial charge on any atom is -0.486 e. The Morgan fingerprint density at radius 2 is 2.00 bits per heavy atom. The Kier molecular flexibility index (Phi) is 4.60. The third kappa shape index (κ3) is 3.78. The summed E-state index contributed by atoms with van der Waals surface area (Å²) < 4.78 is 11.1. The van der Waals surface area contributed by atoms with Crippen LogP contribution in [0.15, 0.2) is 35.7 Å². The molecule has 22 heavy (non-hydrogen) atoms. The largest absolute Gasteiger partial charge is 0.486 e. The predicted molar refractivity (Wildman–Crippen MR) is 85.1 cm³/mol. The van der Waals surface area contributed by atoms with Gasteiger partial charge in [-0.25, -0.2) is 0 Å². The molecule has 2 aromatic rings. The molecule has 1 aromatic heterocycles. The van der Waals surface area contributed by atoms with Crippen LogP contribution in [0.2, 0.25) is 0 Å². The molecule has 0 aliphatic carbocycles. The van der Waals surface area contributed by atoms with Crippen molar-refractivity contribution >= 4 is 17.2 Å². The summed E-state index contributed by atoms with van der Waals surface area (Å²) in [5.74, 6) is 1.21. The maximum Gasteiger partial charge on any atom is 0.231 e. The number of fused-ring (bicyclic) bond motifs is 1. The highest BCUT2D eigenvalue weighted by atomic mass is 32.1. The van der Waals surface area contributed by atoms with Crippen molar-refractivity contribution in [2.24, 2.45) is 5.73 Å². The molecule has 0 bridgehead atoms. The molecule has 0 saturated heterocycles. The van der Waals surface area contributed by atoms with Gasteiger partial charge < -0.3 is 15.2 Å². The highest BCUT2D eigenvalue weighted by molar-refractivity contribution is 7.09. The smallest absolute Gasteiger partial charge is 0.231 e. The molecular formula is C16H18N2O3S. The summed E-state index contributed by atoms with van der Waals surface area (Å²) in [6.07, 6.45) is 0. The number of amides is 1. The van der Waals surface area contributed by atoms with Gasteiger partial charge in [0.1, 0.15) is 13.2 Å². The van der Waals surface area contributed by atoms with Crippen LogP contribution < -0.4 is 15.2 Å². The van der Waals surface area contributed by atoms with E-state index < -0.39 is 0 Å². The molecule has 0 spiro atoms. The molecule has 0 unspecified atom stereocenters. The Bertz CT molecular complexity index is 643. The van der Waals surface area contributed by atoms with E-state index in [-0.39, 0.29) is 12.5 Å². The fourth-order valence-electron chi connectivity index (χ4n) is 2.46. The van der Waals surface area contributed by atoms with Gasteiger partial charge in [0, 0.05) is 18.0 Å². The van der Waals surface area contributed by atoms with Crippen molar-refractivity contribution in [3.05, 3.63) is 46.2 Å². The highest BCUT2D eigenvalue weighted by Gasteiger charge is 2.15. The van der Waals surface area contributed by atoms with E-state index in [9.17, 15) is 4.79 Å². The van der Waals surface area contributed by atoms with E-state index in [2.05, 4.69) is 6.07 Å². The lowest BCUT2D eigenvalue weighted by Gasteiger charge is -2.22. The molecule has 1 aromatic carbocycles. The molecule has 2 N–H and O–H groups in total. The lowest BCUT2D eigenvalue weighted by Crippen LogP contribution is -2.32. The molecule has 1 aliphatic rings. The van der Waals surface area contributed by atoms with Crippen molar-refractivity contribution in [2.45, 2.75) is 13.1 Å². The van der Waals surface area contributed by atoms with Gasteiger partial charge in [0.25, 0.3) is 0 Å². The normalized spacial score (nSPS) is 13.3. The summed E-state index contributed by atoms with van der Waals surface area (Å²) in [4.78, 5) is 14.5. The summed E-state index contributed by atoms with van der Waals surface area (Å²) in [5, 5.41) is 2.03. The average Bonchev–Trinajstić information content (AvgIpc) is 2.99. The monoisotopic (exact) mass is 318 g/mol. The average molecular weight is 318 g/mol. The number of primary amides is 1. The van der Waals surface area contributed by atoms with Crippen molar-refractivity contribution < 1.29 is 14.3 Å². The molecule has 0 fully saturated rings. The van der Waals surface area contributed by atoms with Gasteiger partial charge in [-0.15, -0.1) is 11.3 Å².